The lowest BCUT2D eigenvalue weighted by Crippen LogP contribution is -2.12. The zero-order chi connectivity index (χ0) is 13.8. The standard InChI is InChI=1S/C13H15N3O2S/c1-3-8-14-13-16(2)15-11(19-13)9-4-6-10(7-5-9)12(17)18/h4-7H,3,8H2,1-2H3,(H,17,18). The Hall–Kier alpha value is -1.95. The van der Waals surface area contributed by atoms with Gasteiger partial charge in [-0.2, -0.15) is 5.10 Å². The maximum Gasteiger partial charge on any atom is 0.335 e. The fraction of sp³-hybridized carbons (Fsp3) is 0.308. The largest absolute Gasteiger partial charge is 0.478 e. The molecule has 0 aliphatic heterocycles. The van der Waals surface area contributed by atoms with Crippen molar-refractivity contribution in [1.82, 2.24) is 9.78 Å². The Bertz CT molecular complexity index is 641. The van der Waals surface area contributed by atoms with E-state index in [1.807, 2.05) is 7.05 Å². The number of hydrogen-bond donors (Lipinski definition) is 1. The Morgan fingerprint density at radius 3 is 2.68 bits per heavy atom. The summed E-state index contributed by atoms with van der Waals surface area (Å²) in [6.07, 6.45) is 1.00. The van der Waals surface area contributed by atoms with Crippen LogP contribution in [-0.4, -0.2) is 27.4 Å². The first kappa shape index (κ1) is 13.5. The molecule has 0 aliphatic carbocycles. The molecule has 0 saturated heterocycles. The van der Waals surface area contributed by atoms with Gasteiger partial charge in [-0.15, -0.1) is 0 Å². The number of nitrogens with zero attached hydrogens (tertiary/aromatic N) is 3. The summed E-state index contributed by atoms with van der Waals surface area (Å²) in [6.45, 7) is 2.86. The fourth-order valence-electron chi connectivity index (χ4n) is 1.57. The Kier molecular flexibility index (Phi) is 4.11. The van der Waals surface area contributed by atoms with Gasteiger partial charge in [0.05, 0.1) is 5.56 Å². The van der Waals surface area contributed by atoms with E-state index in [1.165, 1.54) is 11.3 Å². The number of aryl methyl sites for hydroxylation is 1. The molecular weight excluding hydrogens is 262 g/mol. The molecule has 1 aromatic carbocycles. The van der Waals surface area contributed by atoms with Gasteiger partial charge in [-0.05, 0) is 18.6 Å². The normalized spacial score (nSPS) is 11.8. The third-order valence-corrected chi connectivity index (χ3v) is 3.64. The fourth-order valence-corrected chi connectivity index (χ4v) is 2.48. The van der Waals surface area contributed by atoms with E-state index >= 15 is 0 Å². The molecule has 6 heteroatoms. The van der Waals surface area contributed by atoms with E-state index in [0.29, 0.717) is 0 Å². The van der Waals surface area contributed by atoms with E-state index in [2.05, 4.69) is 17.0 Å². The molecule has 0 amide bonds. The van der Waals surface area contributed by atoms with Crippen LogP contribution in [0.25, 0.3) is 10.6 Å². The average Bonchev–Trinajstić information content (AvgIpc) is 2.78. The highest BCUT2D eigenvalue weighted by molar-refractivity contribution is 7.12. The Morgan fingerprint density at radius 2 is 2.11 bits per heavy atom. The van der Waals surface area contributed by atoms with E-state index in [9.17, 15) is 4.79 Å². The SMILES string of the molecule is CCCN=c1sc(-c2ccc(C(=O)O)cc2)nn1C. The maximum absolute atomic E-state index is 10.8. The summed E-state index contributed by atoms with van der Waals surface area (Å²) in [5.74, 6) is -0.921. The molecule has 1 heterocycles. The maximum atomic E-state index is 10.8. The summed E-state index contributed by atoms with van der Waals surface area (Å²) in [4.78, 5) is 16.1. The van der Waals surface area contributed by atoms with Gasteiger partial charge in [-0.1, -0.05) is 30.4 Å². The predicted molar refractivity (Wildman–Crippen MR) is 74.2 cm³/mol. The lowest BCUT2D eigenvalue weighted by atomic mass is 10.1. The van der Waals surface area contributed by atoms with E-state index in [0.717, 1.165) is 28.3 Å². The third-order valence-electron chi connectivity index (χ3n) is 2.56. The Morgan fingerprint density at radius 1 is 1.42 bits per heavy atom. The van der Waals surface area contributed by atoms with Crippen molar-refractivity contribution in [3.63, 3.8) is 0 Å². The molecule has 100 valence electrons. The van der Waals surface area contributed by atoms with Gasteiger partial charge in [-0.3, -0.25) is 4.99 Å². The third kappa shape index (κ3) is 3.08. The number of benzene rings is 1. The van der Waals surface area contributed by atoms with Crippen LogP contribution in [-0.2, 0) is 7.05 Å². The molecule has 0 spiro atoms. The van der Waals surface area contributed by atoms with Gasteiger partial charge in [0.25, 0.3) is 0 Å². The van der Waals surface area contributed by atoms with Gasteiger partial charge in [-0.25, -0.2) is 9.48 Å². The first-order valence-corrected chi connectivity index (χ1v) is 6.82. The monoisotopic (exact) mass is 277 g/mol. The molecule has 0 saturated carbocycles. The van der Waals surface area contributed by atoms with Crippen molar-refractivity contribution in [2.24, 2.45) is 12.0 Å². The van der Waals surface area contributed by atoms with Crippen LogP contribution in [0.1, 0.15) is 23.7 Å². The van der Waals surface area contributed by atoms with Gasteiger partial charge in [0, 0.05) is 19.2 Å². The summed E-state index contributed by atoms with van der Waals surface area (Å²) in [5.41, 5.74) is 1.18. The summed E-state index contributed by atoms with van der Waals surface area (Å²) >= 11 is 1.50. The van der Waals surface area contributed by atoms with Crippen molar-refractivity contribution < 1.29 is 9.90 Å². The van der Waals surface area contributed by atoms with Crippen LogP contribution in [0.15, 0.2) is 29.3 Å². The Balaban J connectivity index is 2.34. The minimum atomic E-state index is -0.921. The van der Waals surface area contributed by atoms with Crippen LogP contribution in [0.5, 0.6) is 0 Å². The van der Waals surface area contributed by atoms with Gasteiger partial charge >= 0.3 is 5.97 Å². The zero-order valence-electron chi connectivity index (χ0n) is 10.8. The van der Waals surface area contributed by atoms with Crippen LogP contribution < -0.4 is 4.80 Å². The molecule has 1 aromatic heterocycles. The number of carboxylic acid groups (broad SMARTS) is 1. The van der Waals surface area contributed by atoms with E-state index < -0.39 is 5.97 Å². The van der Waals surface area contributed by atoms with Crippen molar-refractivity contribution >= 4 is 17.3 Å². The predicted octanol–water partition coefficient (Wildman–Crippen LogP) is 2.16. The minimum Gasteiger partial charge on any atom is -0.478 e. The van der Waals surface area contributed by atoms with Crippen molar-refractivity contribution in [2.45, 2.75) is 13.3 Å². The molecule has 0 bridgehead atoms. The van der Waals surface area contributed by atoms with Gasteiger partial charge < -0.3 is 5.11 Å². The topological polar surface area (TPSA) is 67.5 Å². The van der Waals surface area contributed by atoms with Gasteiger partial charge in [0.2, 0.25) is 4.80 Å². The van der Waals surface area contributed by atoms with Crippen LogP contribution in [0.4, 0.5) is 0 Å². The van der Waals surface area contributed by atoms with E-state index in [4.69, 9.17) is 5.11 Å². The van der Waals surface area contributed by atoms with Gasteiger partial charge in [0.1, 0.15) is 5.01 Å². The number of aromatic nitrogens is 2. The summed E-state index contributed by atoms with van der Waals surface area (Å²) in [7, 11) is 1.86. The molecular formula is C13H15N3O2S. The van der Waals surface area contributed by atoms with E-state index in [-0.39, 0.29) is 5.56 Å². The quantitative estimate of drug-likeness (QED) is 0.931. The number of hydrogen-bond acceptors (Lipinski definition) is 4. The molecule has 2 aromatic rings. The summed E-state index contributed by atoms with van der Waals surface area (Å²) in [6, 6.07) is 6.71. The summed E-state index contributed by atoms with van der Waals surface area (Å²) in [5, 5.41) is 14.1. The zero-order valence-corrected chi connectivity index (χ0v) is 11.6. The second kappa shape index (κ2) is 5.79. The second-order valence-corrected chi connectivity index (χ2v) is 5.03. The first-order valence-electron chi connectivity index (χ1n) is 6.00. The molecule has 19 heavy (non-hydrogen) atoms. The molecule has 5 nitrogen and oxygen atoms in total. The lowest BCUT2D eigenvalue weighted by molar-refractivity contribution is 0.0697. The van der Waals surface area contributed by atoms with Crippen molar-refractivity contribution in [1.29, 1.82) is 0 Å². The highest BCUT2D eigenvalue weighted by Crippen LogP contribution is 2.19. The molecule has 0 fully saturated rings. The van der Waals surface area contributed by atoms with Crippen LogP contribution >= 0.6 is 11.3 Å². The first-order chi connectivity index (χ1) is 9.11. The number of carbonyl (C=O) groups is 1. The van der Waals surface area contributed by atoms with E-state index in [1.54, 1.807) is 28.9 Å². The molecule has 0 radical (unpaired) electrons. The molecule has 0 aliphatic rings. The molecule has 1 N–H and O–H groups in total. The highest BCUT2D eigenvalue weighted by Gasteiger charge is 2.07. The number of aromatic carboxylic acids is 1. The van der Waals surface area contributed by atoms with Crippen LogP contribution in [0, 0.1) is 0 Å². The smallest absolute Gasteiger partial charge is 0.335 e. The molecule has 0 atom stereocenters. The Labute approximate surface area is 114 Å². The van der Waals surface area contributed by atoms with Crippen LogP contribution in [0.2, 0.25) is 0 Å². The number of carboxylic acids is 1. The highest BCUT2D eigenvalue weighted by atomic mass is 32.1. The number of rotatable bonds is 4. The molecule has 0 unspecified atom stereocenters. The molecule has 2 rings (SSSR count). The van der Waals surface area contributed by atoms with Crippen molar-refractivity contribution in [3.8, 4) is 10.6 Å². The van der Waals surface area contributed by atoms with Crippen LogP contribution in [0.3, 0.4) is 0 Å². The van der Waals surface area contributed by atoms with Crippen molar-refractivity contribution in [2.75, 3.05) is 6.54 Å². The van der Waals surface area contributed by atoms with Gasteiger partial charge in [0.15, 0.2) is 0 Å². The second-order valence-electron chi connectivity index (χ2n) is 4.08. The lowest BCUT2D eigenvalue weighted by Gasteiger charge is -1.96. The summed E-state index contributed by atoms with van der Waals surface area (Å²) < 4.78 is 1.75. The minimum absolute atomic E-state index is 0.278. The van der Waals surface area contributed by atoms with Crippen molar-refractivity contribution in [3.05, 3.63) is 34.6 Å². The average molecular weight is 277 g/mol.